The Labute approximate surface area is 188 Å². The Hall–Kier alpha value is -3.04. The number of rotatable bonds is 5. The number of hydrogen-bond donors (Lipinski definition) is 0. The van der Waals surface area contributed by atoms with E-state index >= 15 is 0 Å². The molecule has 4 rings (SSSR count). The van der Waals surface area contributed by atoms with E-state index < -0.39 is 15.9 Å². The maximum atomic E-state index is 13.8. The Morgan fingerprint density at radius 2 is 1.66 bits per heavy atom. The lowest BCUT2D eigenvalue weighted by Gasteiger charge is -2.35. The molecule has 2 heterocycles. The van der Waals surface area contributed by atoms with Crippen LogP contribution in [0.3, 0.4) is 0 Å². The van der Waals surface area contributed by atoms with Crippen molar-refractivity contribution in [1.82, 2.24) is 4.90 Å². The van der Waals surface area contributed by atoms with Crippen molar-refractivity contribution in [1.29, 1.82) is 0 Å². The highest BCUT2D eigenvalue weighted by atomic mass is 32.2. The van der Waals surface area contributed by atoms with E-state index in [1.54, 1.807) is 19.1 Å². The van der Waals surface area contributed by atoms with Gasteiger partial charge in [-0.3, -0.25) is 9.10 Å². The van der Waals surface area contributed by atoms with Gasteiger partial charge in [0.2, 0.25) is 0 Å². The lowest BCUT2D eigenvalue weighted by molar-refractivity contribution is -0.130. The van der Waals surface area contributed by atoms with Gasteiger partial charge in [-0.2, -0.15) is 0 Å². The Morgan fingerprint density at radius 1 is 1.03 bits per heavy atom. The standard InChI is InChI=1S/C23H26N2O6S/c1-16-18-13-20(29-2)21(30-3)14-19(18)25(15-17-7-5-4-6-8-17)32(27,28)22(16)23(26)24-9-11-31-12-10-24/h4-8,13-14H,9-12,15H2,1-3H3. The molecule has 0 aromatic heterocycles. The SMILES string of the molecule is COc1cc2c(cc1OC)N(Cc1ccccc1)S(=O)(=O)C(C(=O)N1CCOCC1)=C2C. The predicted octanol–water partition coefficient (Wildman–Crippen LogP) is 2.64. The first kappa shape index (κ1) is 22.2. The molecule has 9 heteroatoms. The van der Waals surface area contributed by atoms with E-state index in [9.17, 15) is 13.2 Å². The van der Waals surface area contributed by atoms with Crippen LogP contribution in [0.4, 0.5) is 5.69 Å². The molecule has 0 aliphatic carbocycles. The molecule has 0 saturated carbocycles. The van der Waals surface area contributed by atoms with Crippen molar-refractivity contribution in [3.05, 3.63) is 58.5 Å². The second kappa shape index (κ2) is 8.84. The summed E-state index contributed by atoms with van der Waals surface area (Å²) in [5.74, 6) is 0.363. The van der Waals surface area contributed by atoms with Gasteiger partial charge in [0.15, 0.2) is 16.4 Å². The van der Waals surface area contributed by atoms with E-state index in [2.05, 4.69) is 0 Å². The number of methoxy groups -OCH3 is 2. The molecule has 0 unspecified atom stereocenters. The summed E-state index contributed by atoms with van der Waals surface area (Å²) in [7, 11) is -1.12. The summed E-state index contributed by atoms with van der Waals surface area (Å²) in [6, 6.07) is 12.6. The first-order chi connectivity index (χ1) is 15.4. The van der Waals surface area contributed by atoms with Crippen LogP contribution in [0.15, 0.2) is 47.4 Å². The van der Waals surface area contributed by atoms with Gasteiger partial charge in [0.05, 0.1) is 39.7 Å². The van der Waals surface area contributed by atoms with Gasteiger partial charge in [0, 0.05) is 24.7 Å². The number of allylic oxidation sites excluding steroid dienone is 1. The molecule has 8 nitrogen and oxygen atoms in total. The van der Waals surface area contributed by atoms with Gasteiger partial charge in [0.25, 0.3) is 15.9 Å². The summed E-state index contributed by atoms with van der Waals surface area (Å²) in [4.78, 5) is 14.7. The van der Waals surface area contributed by atoms with Crippen LogP contribution >= 0.6 is 0 Å². The first-order valence-corrected chi connectivity index (χ1v) is 11.7. The van der Waals surface area contributed by atoms with E-state index in [-0.39, 0.29) is 11.4 Å². The molecule has 2 aliphatic heterocycles. The van der Waals surface area contributed by atoms with Gasteiger partial charge < -0.3 is 19.1 Å². The van der Waals surface area contributed by atoms with E-state index in [0.29, 0.717) is 54.6 Å². The van der Waals surface area contributed by atoms with E-state index in [1.807, 2.05) is 30.3 Å². The van der Waals surface area contributed by atoms with Crippen molar-refractivity contribution in [2.75, 3.05) is 44.8 Å². The maximum Gasteiger partial charge on any atom is 0.270 e. The van der Waals surface area contributed by atoms with Crippen molar-refractivity contribution >= 4 is 27.2 Å². The topological polar surface area (TPSA) is 85.4 Å². The first-order valence-electron chi connectivity index (χ1n) is 10.3. The van der Waals surface area contributed by atoms with Crippen LogP contribution in [0, 0.1) is 0 Å². The zero-order chi connectivity index (χ0) is 22.9. The number of carbonyl (C=O) groups is 1. The number of carbonyl (C=O) groups excluding carboxylic acids is 1. The average molecular weight is 459 g/mol. The molecule has 1 amide bonds. The van der Waals surface area contributed by atoms with Gasteiger partial charge in [-0.15, -0.1) is 0 Å². The van der Waals surface area contributed by atoms with Crippen LogP contribution in [0.2, 0.25) is 0 Å². The third-order valence-electron chi connectivity index (χ3n) is 5.72. The highest BCUT2D eigenvalue weighted by molar-refractivity contribution is 7.97. The number of ether oxygens (including phenoxy) is 3. The summed E-state index contributed by atoms with van der Waals surface area (Å²) in [6.07, 6.45) is 0. The van der Waals surface area contributed by atoms with Crippen molar-refractivity contribution < 1.29 is 27.4 Å². The molecule has 1 saturated heterocycles. The fourth-order valence-corrected chi connectivity index (χ4v) is 5.83. The smallest absolute Gasteiger partial charge is 0.270 e. The van der Waals surface area contributed by atoms with E-state index in [0.717, 1.165) is 5.56 Å². The Bertz CT molecular complexity index is 1150. The lowest BCUT2D eigenvalue weighted by Crippen LogP contribution is -2.46. The lowest BCUT2D eigenvalue weighted by atomic mass is 10.0. The maximum absolute atomic E-state index is 13.8. The fraction of sp³-hybridized carbons (Fsp3) is 0.348. The quantitative estimate of drug-likeness (QED) is 0.685. The minimum atomic E-state index is -4.13. The molecule has 2 aromatic rings. The Balaban J connectivity index is 1.91. The third kappa shape index (κ3) is 3.82. The van der Waals surface area contributed by atoms with Gasteiger partial charge in [0.1, 0.15) is 0 Å². The Kier molecular flexibility index (Phi) is 6.12. The fourth-order valence-electron chi connectivity index (χ4n) is 4.03. The molecule has 0 spiro atoms. The minimum Gasteiger partial charge on any atom is -0.493 e. The summed E-state index contributed by atoms with van der Waals surface area (Å²) < 4.78 is 45.2. The number of hydrogen-bond acceptors (Lipinski definition) is 6. The van der Waals surface area contributed by atoms with Crippen LogP contribution < -0.4 is 13.8 Å². The second-order valence-corrected chi connectivity index (χ2v) is 9.38. The number of benzene rings is 2. The molecular weight excluding hydrogens is 432 g/mol. The van der Waals surface area contributed by atoms with Crippen molar-refractivity contribution in [3.63, 3.8) is 0 Å². The number of fused-ring (bicyclic) bond motifs is 1. The molecule has 0 atom stereocenters. The van der Waals surface area contributed by atoms with Crippen molar-refractivity contribution in [3.8, 4) is 11.5 Å². The van der Waals surface area contributed by atoms with Crippen LogP contribution in [0.1, 0.15) is 18.1 Å². The number of sulfonamides is 1. The molecule has 0 radical (unpaired) electrons. The van der Waals surface area contributed by atoms with Gasteiger partial charge in [-0.25, -0.2) is 8.42 Å². The molecular formula is C23H26N2O6S. The molecule has 2 aromatic carbocycles. The number of anilines is 1. The largest absolute Gasteiger partial charge is 0.493 e. The normalized spacial score (nSPS) is 17.7. The van der Waals surface area contributed by atoms with Gasteiger partial charge in [-0.05, 0) is 24.1 Å². The van der Waals surface area contributed by atoms with Crippen LogP contribution in [0.5, 0.6) is 11.5 Å². The molecule has 2 aliphatic rings. The van der Waals surface area contributed by atoms with E-state index in [4.69, 9.17) is 14.2 Å². The molecule has 170 valence electrons. The number of amides is 1. The predicted molar refractivity (Wildman–Crippen MR) is 121 cm³/mol. The van der Waals surface area contributed by atoms with Crippen molar-refractivity contribution in [2.24, 2.45) is 0 Å². The zero-order valence-electron chi connectivity index (χ0n) is 18.3. The monoisotopic (exact) mass is 458 g/mol. The number of nitrogens with zero attached hydrogens (tertiary/aromatic N) is 2. The van der Waals surface area contributed by atoms with Crippen LogP contribution in [-0.4, -0.2) is 59.7 Å². The van der Waals surface area contributed by atoms with Crippen LogP contribution in [0.25, 0.3) is 5.57 Å². The number of morpholine rings is 1. The molecule has 0 N–H and O–H groups in total. The Morgan fingerprint density at radius 3 is 2.28 bits per heavy atom. The molecule has 0 bridgehead atoms. The minimum absolute atomic E-state index is 0.0822. The summed E-state index contributed by atoms with van der Waals surface area (Å²) in [5, 5.41) is 0. The van der Waals surface area contributed by atoms with E-state index in [1.165, 1.54) is 23.4 Å². The summed E-state index contributed by atoms with van der Waals surface area (Å²) in [5.41, 5.74) is 2.25. The average Bonchev–Trinajstić information content (AvgIpc) is 2.82. The highest BCUT2D eigenvalue weighted by Gasteiger charge is 2.42. The molecule has 1 fully saturated rings. The van der Waals surface area contributed by atoms with Gasteiger partial charge in [-0.1, -0.05) is 30.3 Å². The molecule has 32 heavy (non-hydrogen) atoms. The van der Waals surface area contributed by atoms with Crippen molar-refractivity contribution in [2.45, 2.75) is 13.5 Å². The zero-order valence-corrected chi connectivity index (χ0v) is 19.1. The highest BCUT2D eigenvalue weighted by Crippen LogP contribution is 2.45. The second-order valence-electron chi connectivity index (χ2n) is 7.58. The van der Waals surface area contributed by atoms with Crippen LogP contribution in [-0.2, 0) is 26.1 Å². The summed E-state index contributed by atoms with van der Waals surface area (Å²) in [6.45, 7) is 3.21. The third-order valence-corrected chi connectivity index (χ3v) is 7.63. The van der Waals surface area contributed by atoms with Gasteiger partial charge >= 0.3 is 0 Å². The summed E-state index contributed by atoms with van der Waals surface area (Å²) >= 11 is 0.